The number of hydrogen-bond donors (Lipinski definition) is 1. The number of fused-ring (bicyclic) bond motifs is 3. The summed E-state index contributed by atoms with van der Waals surface area (Å²) in [6.07, 6.45) is 2.98. The third-order valence-corrected chi connectivity index (χ3v) is 4.65. The molecule has 0 unspecified atom stereocenters. The number of anilines is 1. The van der Waals surface area contributed by atoms with Crippen molar-refractivity contribution >= 4 is 33.5 Å². The molecule has 1 N–H and O–H groups in total. The van der Waals surface area contributed by atoms with E-state index < -0.39 is 0 Å². The van der Waals surface area contributed by atoms with Gasteiger partial charge in [0.05, 0.1) is 11.0 Å². The number of hydrogen-bond acceptors (Lipinski definition) is 3. The number of nitrogens with one attached hydrogen (secondary N) is 1. The second-order valence-electron chi connectivity index (χ2n) is 6.32. The van der Waals surface area contributed by atoms with Gasteiger partial charge < -0.3 is 5.32 Å². The van der Waals surface area contributed by atoms with Crippen LogP contribution in [-0.4, -0.2) is 22.0 Å². The third-order valence-electron chi connectivity index (χ3n) is 4.65. The lowest BCUT2D eigenvalue weighted by Gasteiger charge is -2.10. The molecule has 0 bridgehead atoms. The molecule has 2 aromatic carbocycles. The van der Waals surface area contributed by atoms with Gasteiger partial charge in [-0.2, -0.15) is 0 Å². The number of benzene rings is 2. The summed E-state index contributed by atoms with van der Waals surface area (Å²) in [5.41, 5.74) is 2.98. The number of aromatic nitrogens is 2. The molecule has 0 atom stereocenters. The predicted molar refractivity (Wildman–Crippen MR) is 107 cm³/mol. The van der Waals surface area contributed by atoms with E-state index in [1.54, 1.807) is 6.20 Å². The summed E-state index contributed by atoms with van der Waals surface area (Å²) in [6, 6.07) is 20.2. The van der Waals surface area contributed by atoms with Crippen molar-refractivity contribution in [3.63, 3.8) is 0 Å². The zero-order valence-corrected chi connectivity index (χ0v) is 14.8. The standard InChI is InChI=1S/C22H21N3O/c1-2-23-22-21-18(14-15-24-22)17-10-6-7-11-19(17)25(21)20(26)13-12-16-8-4-3-5-9-16/h3-11,14-15H,2,12-13H2,1H3,(H,23,24). The highest BCUT2D eigenvalue weighted by molar-refractivity contribution is 6.16. The van der Waals surface area contributed by atoms with Crippen LogP contribution in [0.25, 0.3) is 21.8 Å². The van der Waals surface area contributed by atoms with E-state index in [-0.39, 0.29) is 5.91 Å². The number of para-hydroxylation sites is 1. The van der Waals surface area contributed by atoms with Crippen molar-refractivity contribution in [3.8, 4) is 0 Å². The maximum absolute atomic E-state index is 13.2. The molecule has 0 aliphatic rings. The van der Waals surface area contributed by atoms with Gasteiger partial charge in [0.15, 0.2) is 5.82 Å². The van der Waals surface area contributed by atoms with Crippen LogP contribution in [0.15, 0.2) is 66.9 Å². The van der Waals surface area contributed by atoms with Crippen LogP contribution in [0.4, 0.5) is 5.82 Å². The van der Waals surface area contributed by atoms with Crippen LogP contribution >= 0.6 is 0 Å². The molecule has 0 radical (unpaired) electrons. The van der Waals surface area contributed by atoms with Crippen LogP contribution in [0.5, 0.6) is 0 Å². The summed E-state index contributed by atoms with van der Waals surface area (Å²) in [5, 5.41) is 5.43. The molecule has 0 aliphatic carbocycles. The van der Waals surface area contributed by atoms with E-state index in [1.165, 1.54) is 5.56 Å². The Hall–Kier alpha value is -3.14. The Balaban J connectivity index is 1.82. The van der Waals surface area contributed by atoms with E-state index in [9.17, 15) is 4.79 Å². The first-order valence-corrected chi connectivity index (χ1v) is 8.98. The fourth-order valence-electron chi connectivity index (χ4n) is 3.48. The van der Waals surface area contributed by atoms with Crippen molar-refractivity contribution in [1.82, 2.24) is 9.55 Å². The van der Waals surface area contributed by atoms with E-state index in [2.05, 4.69) is 28.5 Å². The first kappa shape index (κ1) is 16.3. The van der Waals surface area contributed by atoms with Gasteiger partial charge in [-0.3, -0.25) is 9.36 Å². The summed E-state index contributed by atoms with van der Waals surface area (Å²) in [5.74, 6) is 0.849. The fourth-order valence-corrected chi connectivity index (χ4v) is 3.48. The molecule has 4 aromatic rings. The molecule has 0 saturated carbocycles. The van der Waals surface area contributed by atoms with E-state index >= 15 is 0 Å². The van der Waals surface area contributed by atoms with Gasteiger partial charge in [0.25, 0.3) is 0 Å². The third kappa shape index (κ3) is 2.84. The predicted octanol–water partition coefficient (Wildman–Crippen LogP) is 4.89. The van der Waals surface area contributed by atoms with Crippen molar-refractivity contribution < 1.29 is 4.79 Å². The molecule has 4 heteroatoms. The number of carbonyl (C=O) groups excluding carboxylic acids is 1. The van der Waals surface area contributed by atoms with Crippen molar-refractivity contribution in [2.45, 2.75) is 19.8 Å². The Bertz CT molecular complexity index is 1070. The minimum absolute atomic E-state index is 0.0900. The van der Waals surface area contributed by atoms with Gasteiger partial charge in [-0.25, -0.2) is 4.98 Å². The largest absolute Gasteiger partial charge is 0.369 e. The molecule has 4 nitrogen and oxygen atoms in total. The van der Waals surface area contributed by atoms with E-state index in [4.69, 9.17) is 0 Å². The monoisotopic (exact) mass is 343 g/mol. The highest BCUT2D eigenvalue weighted by atomic mass is 16.2. The zero-order chi connectivity index (χ0) is 17.9. The average molecular weight is 343 g/mol. The van der Waals surface area contributed by atoms with Crippen LogP contribution < -0.4 is 5.32 Å². The van der Waals surface area contributed by atoms with E-state index in [0.717, 1.165) is 40.6 Å². The lowest BCUT2D eigenvalue weighted by molar-refractivity contribution is 0.0913. The molecule has 0 aliphatic heterocycles. The molecule has 0 amide bonds. The van der Waals surface area contributed by atoms with Gasteiger partial charge >= 0.3 is 0 Å². The average Bonchev–Trinajstić information content (AvgIpc) is 3.03. The molecule has 130 valence electrons. The van der Waals surface area contributed by atoms with Crippen LogP contribution in [0.3, 0.4) is 0 Å². The number of nitrogens with zero attached hydrogens (tertiary/aromatic N) is 2. The quantitative estimate of drug-likeness (QED) is 0.561. The lowest BCUT2D eigenvalue weighted by Crippen LogP contribution is -2.13. The second kappa shape index (κ2) is 7.00. The maximum Gasteiger partial charge on any atom is 0.232 e. The summed E-state index contributed by atoms with van der Waals surface area (Å²) >= 11 is 0. The molecular weight excluding hydrogens is 322 g/mol. The van der Waals surface area contributed by atoms with E-state index in [1.807, 2.05) is 54.0 Å². The smallest absolute Gasteiger partial charge is 0.232 e. The Morgan fingerprint density at radius 3 is 2.58 bits per heavy atom. The molecule has 4 rings (SSSR count). The highest BCUT2D eigenvalue weighted by Crippen LogP contribution is 2.32. The first-order valence-electron chi connectivity index (χ1n) is 8.98. The van der Waals surface area contributed by atoms with Gasteiger partial charge in [0, 0.05) is 29.9 Å². The molecule has 0 saturated heterocycles. The first-order chi connectivity index (χ1) is 12.8. The highest BCUT2D eigenvalue weighted by Gasteiger charge is 2.18. The Morgan fingerprint density at radius 2 is 1.77 bits per heavy atom. The van der Waals surface area contributed by atoms with Gasteiger partial charge in [0.2, 0.25) is 5.91 Å². The van der Waals surface area contributed by atoms with Crippen molar-refractivity contribution in [2.24, 2.45) is 0 Å². The lowest BCUT2D eigenvalue weighted by atomic mass is 10.1. The SMILES string of the molecule is CCNc1nccc2c3ccccc3n(C(=O)CCc3ccccc3)c12. The Kier molecular flexibility index (Phi) is 4.40. The molecule has 2 aromatic heterocycles. The minimum Gasteiger partial charge on any atom is -0.369 e. The molecule has 0 spiro atoms. The van der Waals surface area contributed by atoms with Crippen LogP contribution in [0.2, 0.25) is 0 Å². The summed E-state index contributed by atoms with van der Waals surface area (Å²) in [7, 11) is 0. The van der Waals surface area contributed by atoms with E-state index in [0.29, 0.717) is 6.42 Å². The van der Waals surface area contributed by atoms with Crippen LogP contribution in [-0.2, 0) is 6.42 Å². The number of rotatable bonds is 5. The number of pyridine rings is 1. The van der Waals surface area contributed by atoms with Crippen molar-refractivity contribution in [3.05, 3.63) is 72.4 Å². The molecule has 26 heavy (non-hydrogen) atoms. The fraction of sp³-hybridized carbons (Fsp3) is 0.182. The van der Waals surface area contributed by atoms with Gasteiger partial charge in [-0.05, 0) is 31.0 Å². The Labute approximate surface area is 152 Å². The minimum atomic E-state index is 0.0900. The van der Waals surface area contributed by atoms with Crippen molar-refractivity contribution in [1.29, 1.82) is 0 Å². The maximum atomic E-state index is 13.2. The van der Waals surface area contributed by atoms with Crippen LogP contribution in [0, 0.1) is 0 Å². The summed E-state index contributed by atoms with van der Waals surface area (Å²) in [6.45, 7) is 2.79. The molecule has 0 fully saturated rings. The van der Waals surface area contributed by atoms with Crippen molar-refractivity contribution in [2.75, 3.05) is 11.9 Å². The summed E-state index contributed by atoms with van der Waals surface area (Å²) in [4.78, 5) is 17.6. The normalized spacial score (nSPS) is 11.1. The van der Waals surface area contributed by atoms with Gasteiger partial charge in [0.1, 0.15) is 0 Å². The van der Waals surface area contributed by atoms with Crippen LogP contribution in [0.1, 0.15) is 23.7 Å². The number of carbonyl (C=O) groups is 1. The molecule has 2 heterocycles. The number of aryl methyl sites for hydroxylation is 1. The van der Waals surface area contributed by atoms with Gasteiger partial charge in [-0.1, -0.05) is 48.5 Å². The molecular formula is C22H21N3O. The van der Waals surface area contributed by atoms with Gasteiger partial charge in [-0.15, -0.1) is 0 Å². The second-order valence-corrected chi connectivity index (χ2v) is 6.32. The topological polar surface area (TPSA) is 46.9 Å². The summed E-state index contributed by atoms with van der Waals surface area (Å²) < 4.78 is 1.83. The zero-order valence-electron chi connectivity index (χ0n) is 14.8. The Morgan fingerprint density at radius 1 is 1.00 bits per heavy atom.